The van der Waals surface area contributed by atoms with E-state index in [2.05, 4.69) is 0 Å². The highest BCUT2D eigenvalue weighted by molar-refractivity contribution is 6.10. The summed E-state index contributed by atoms with van der Waals surface area (Å²) >= 11 is 0. The van der Waals surface area contributed by atoms with E-state index in [1.54, 1.807) is 38.3 Å². The average molecular weight is 335 g/mol. The monoisotopic (exact) mass is 335 g/mol. The van der Waals surface area contributed by atoms with Gasteiger partial charge in [-0.1, -0.05) is 0 Å². The maximum atomic E-state index is 12.5. The van der Waals surface area contributed by atoms with Gasteiger partial charge in [0.15, 0.2) is 0 Å². The number of ether oxygens (including phenoxy) is 3. The van der Waals surface area contributed by atoms with Crippen molar-refractivity contribution in [3.05, 3.63) is 24.3 Å². The largest absolute Gasteiger partial charge is 0.497 e. The fourth-order valence-electron chi connectivity index (χ4n) is 2.76. The number of hydrogen-bond donors (Lipinski definition) is 0. The maximum Gasteiger partial charge on any atom is 0.329 e. The first-order chi connectivity index (χ1) is 11.5. The van der Waals surface area contributed by atoms with Crippen molar-refractivity contribution < 1.29 is 28.6 Å². The van der Waals surface area contributed by atoms with Crippen LogP contribution in [0.3, 0.4) is 0 Å². The molecule has 1 fully saturated rings. The van der Waals surface area contributed by atoms with Crippen molar-refractivity contribution in [2.45, 2.75) is 25.8 Å². The fraction of sp³-hybridized carbons (Fsp3) is 0.471. The van der Waals surface area contributed by atoms with E-state index in [0.717, 1.165) is 0 Å². The Labute approximate surface area is 140 Å². The number of hydrogen-bond acceptors (Lipinski definition) is 6. The smallest absolute Gasteiger partial charge is 0.329 e. The number of benzene rings is 1. The zero-order chi connectivity index (χ0) is 17.7. The Morgan fingerprint density at radius 2 is 1.83 bits per heavy atom. The average Bonchev–Trinajstić information content (AvgIpc) is 2.59. The third kappa shape index (κ3) is 3.50. The Morgan fingerprint density at radius 1 is 1.17 bits per heavy atom. The first kappa shape index (κ1) is 17.8. The summed E-state index contributed by atoms with van der Waals surface area (Å²) in [4.78, 5) is 37.4. The van der Waals surface area contributed by atoms with E-state index in [4.69, 9.17) is 14.2 Å². The molecule has 1 aromatic rings. The highest BCUT2D eigenvalue weighted by atomic mass is 16.5. The molecule has 7 nitrogen and oxygen atoms in total. The number of anilines is 1. The maximum absolute atomic E-state index is 12.5. The lowest BCUT2D eigenvalue weighted by Gasteiger charge is -2.45. The molecular weight excluding hydrogens is 314 g/mol. The summed E-state index contributed by atoms with van der Waals surface area (Å²) < 4.78 is 14.8. The zero-order valence-corrected chi connectivity index (χ0v) is 14.0. The van der Waals surface area contributed by atoms with Crippen LogP contribution in [-0.2, 0) is 23.9 Å². The molecular formula is C17H21NO6. The quantitative estimate of drug-likeness (QED) is 0.555. The lowest BCUT2D eigenvalue weighted by atomic mass is 9.83. The van der Waals surface area contributed by atoms with Crippen LogP contribution in [0.15, 0.2) is 24.3 Å². The van der Waals surface area contributed by atoms with Crippen LogP contribution in [0.4, 0.5) is 5.69 Å². The van der Waals surface area contributed by atoms with Crippen LogP contribution in [0, 0.1) is 5.92 Å². The van der Waals surface area contributed by atoms with Crippen LogP contribution in [0.1, 0.15) is 19.8 Å². The van der Waals surface area contributed by atoms with Gasteiger partial charge in [0.05, 0.1) is 26.7 Å². The van der Waals surface area contributed by atoms with Gasteiger partial charge in [-0.2, -0.15) is 0 Å². The normalized spacial score (nSPS) is 19.5. The SMILES string of the molecule is CCOC(=O)CCC1C(=O)N(c2ccc(OC)cc2)C1C(=O)OC. The molecule has 0 spiro atoms. The van der Waals surface area contributed by atoms with Crippen molar-refractivity contribution in [2.75, 3.05) is 25.7 Å². The van der Waals surface area contributed by atoms with Gasteiger partial charge in [0, 0.05) is 12.1 Å². The summed E-state index contributed by atoms with van der Waals surface area (Å²) in [6.45, 7) is 2.00. The Bertz CT molecular complexity index is 612. The van der Waals surface area contributed by atoms with Gasteiger partial charge in [-0.15, -0.1) is 0 Å². The molecule has 2 unspecified atom stereocenters. The van der Waals surface area contributed by atoms with E-state index in [1.165, 1.54) is 12.0 Å². The number of rotatable bonds is 7. The Balaban J connectivity index is 2.12. The van der Waals surface area contributed by atoms with Gasteiger partial charge in [-0.25, -0.2) is 4.79 Å². The van der Waals surface area contributed by atoms with E-state index < -0.39 is 17.9 Å². The zero-order valence-electron chi connectivity index (χ0n) is 14.0. The van der Waals surface area contributed by atoms with Gasteiger partial charge in [0.25, 0.3) is 0 Å². The summed E-state index contributed by atoms with van der Waals surface area (Å²) in [5, 5.41) is 0. The summed E-state index contributed by atoms with van der Waals surface area (Å²) in [6.07, 6.45) is 0.346. The predicted molar refractivity (Wildman–Crippen MR) is 85.6 cm³/mol. The molecule has 24 heavy (non-hydrogen) atoms. The van der Waals surface area contributed by atoms with Crippen molar-refractivity contribution in [3.8, 4) is 5.75 Å². The second-order valence-corrected chi connectivity index (χ2v) is 5.32. The van der Waals surface area contributed by atoms with Crippen molar-refractivity contribution in [1.82, 2.24) is 0 Å². The van der Waals surface area contributed by atoms with Crippen LogP contribution < -0.4 is 9.64 Å². The van der Waals surface area contributed by atoms with E-state index in [1.807, 2.05) is 0 Å². The Hall–Kier alpha value is -2.57. The Kier molecular flexibility index (Phi) is 5.78. The van der Waals surface area contributed by atoms with Crippen LogP contribution >= 0.6 is 0 Å². The van der Waals surface area contributed by atoms with Gasteiger partial charge < -0.3 is 14.2 Å². The van der Waals surface area contributed by atoms with E-state index in [0.29, 0.717) is 11.4 Å². The summed E-state index contributed by atoms with van der Waals surface area (Å²) in [6, 6.07) is 6.10. The highest BCUT2D eigenvalue weighted by Gasteiger charge is 2.52. The third-order valence-electron chi connectivity index (χ3n) is 3.97. The van der Waals surface area contributed by atoms with Gasteiger partial charge >= 0.3 is 11.9 Å². The molecule has 1 saturated heterocycles. The number of amides is 1. The van der Waals surface area contributed by atoms with Gasteiger partial charge in [0.1, 0.15) is 11.8 Å². The van der Waals surface area contributed by atoms with E-state index >= 15 is 0 Å². The topological polar surface area (TPSA) is 82.1 Å². The van der Waals surface area contributed by atoms with Gasteiger partial charge in [-0.05, 0) is 37.6 Å². The predicted octanol–water partition coefficient (Wildman–Crippen LogP) is 1.54. The molecule has 0 bridgehead atoms. The fourth-order valence-corrected chi connectivity index (χ4v) is 2.76. The van der Waals surface area contributed by atoms with Crippen molar-refractivity contribution in [2.24, 2.45) is 5.92 Å². The summed E-state index contributed by atoms with van der Waals surface area (Å²) in [5.74, 6) is -1.01. The standard InChI is InChI=1S/C17H21NO6/c1-4-24-14(19)10-9-13-15(17(21)23-3)18(16(13)20)11-5-7-12(22-2)8-6-11/h5-8,13,15H,4,9-10H2,1-3H3. The molecule has 0 N–H and O–H groups in total. The van der Waals surface area contributed by atoms with Crippen LogP contribution in [0.5, 0.6) is 5.75 Å². The third-order valence-corrected chi connectivity index (χ3v) is 3.97. The van der Waals surface area contributed by atoms with Crippen molar-refractivity contribution >= 4 is 23.5 Å². The first-order valence-corrected chi connectivity index (χ1v) is 7.74. The molecule has 7 heteroatoms. The molecule has 130 valence electrons. The second kappa shape index (κ2) is 7.81. The molecule has 1 aliphatic rings. The minimum atomic E-state index is -0.731. The van der Waals surface area contributed by atoms with E-state index in [-0.39, 0.29) is 31.3 Å². The molecule has 1 aromatic carbocycles. The van der Waals surface area contributed by atoms with Gasteiger partial charge in [-0.3, -0.25) is 14.5 Å². The lowest BCUT2D eigenvalue weighted by Crippen LogP contribution is -2.65. The Morgan fingerprint density at radius 3 is 2.38 bits per heavy atom. The second-order valence-electron chi connectivity index (χ2n) is 5.32. The minimum Gasteiger partial charge on any atom is -0.497 e. The molecule has 0 radical (unpaired) electrons. The number of carbonyl (C=O) groups is 3. The lowest BCUT2D eigenvalue weighted by molar-refractivity contribution is -0.153. The van der Waals surface area contributed by atoms with Crippen molar-refractivity contribution in [3.63, 3.8) is 0 Å². The van der Waals surface area contributed by atoms with E-state index in [9.17, 15) is 14.4 Å². The highest BCUT2D eigenvalue weighted by Crippen LogP contribution is 2.36. The molecule has 2 rings (SSSR count). The van der Waals surface area contributed by atoms with Crippen LogP contribution in [-0.4, -0.2) is 44.7 Å². The number of β-lactam (4-membered cyclic amide) rings is 1. The molecule has 1 aliphatic heterocycles. The molecule has 1 amide bonds. The number of nitrogens with zero attached hydrogens (tertiary/aromatic N) is 1. The number of esters is 2. The first-order valence-electron chi connectivity index (χ1n) is 7.74. The van der Waals surface area contributed by atoms with Crippen LogP contribution in [0.25, 0.3) is 0 Å². The summed E-state index contributed by atoms with van der Waals surface area (Å²) in [7, 11) is 2.83. The molecule has 0 saturated carbocycles. The van der Waals surface area contributed by atoms with Gasteiger partial charge in [0.2, 0.25) is 5.91 Å². The van der Waals surface area contributed by atoms with Crippen molar-refractivity contribution in [1.29, 1.82) is 0 Å². The summed E-state index contributed by atoms with van der Waals surface area (Å²) in [5.41, 5.74) is 0.587. The minimum absolute atomic E-state index is 0.0915. The molecule has 2 atom stereocenters. The molecule has 1 heterocycles. The molecule has 0 aromatic heterocycles. The molecule has 0 aliphatic carbocycles. The van der Waals surface area contributed by atoms with Crippen LogP contribution in [0.2, 0.25) is 0 Å². The number of methoxy groups -OCH3 is 2. The number of carbonyl (C=O) groups excluding carboxylic acids is 3.